The van der Waals surface area contributed by atoms with Crippen LogP contribution in [0.2, 0.25) is 0 Å². The van der Waals surface area contributed by atoms with Crippen molar-refractivity contribution < 1.29 is 8.81 Å². The maximum Gasteiger partial charge on any atom is 0.231 e. The van der Waals surface area contributed by atoms with Gasteiger partial charge in [0.15, 0.2) is 3.77 Å². The molecule has 0 aliphatic carbocycles. The van der Waals surface area contributed by atoms with Gasteiger partial charge >= 0.3 is 0 Å². The summed E-state index contributed by atoms with van der Waals surface area (Å²) in [6.07, 6.45) is 3.15. The molecule has 0 unspecified atom stereocenters. The van der Waals surface area contributed by atoms with E-state index in [4.69, 9.17) is 4.42 Å². The van der Waals surface area contributed by atoms with E-state index >= 15 is 0 Å². The van der Waals surface area contributed by atoms with Gasteiger partial charge in [-0.1, -0.05) is 0 Å². The van der Waals surface area contributed by atoms with Gasteiger partial charge in [-0.25, -0.2) is 14.4 Å². The number of nitrogens with zero attached hydrogens (tertiary/aromatic N) is 3. The number of hydrogen-bond donors (Lipinski definition) is 1. The molecule has 1 N–H and O–H groups in total. The number of fused-ring (bicyclic) bond motifs is 1. The van der Waals surface area contributed by atoms with Crippen LogP contribution in [0.4, 0.5) is 4.39 Å². The maximum atomic E-state index is 13.1. The Bertz CT molecular complexity index is 961. The van der Waals surface area contributed by atoms with E-state index in [-0.39, 0.29) is 5.82 Å². The van der Waals surface area contributed by atoms with Crippen LogP contribution in [0.5, 0.6) is 0 Å². The third-order valence-electron chi connectivity index (χ3n) is 3.33. The van der Waals surface area contributed by atoms with Crippen LogP contribution in [0.15, 0.2) is 47.3 Å². The number of benzene rings is 1. The van der Waals surface area contributed by atoms with Crippen molar-refractivity contribution in [2.75, 3.05) is 0 Å². The number of H-pyrrole nitrogens is 1. The van der Waals surface area contributed by atoms with Gasteiger partial charge in [-0.3, -0.25) is 5.10 Å². The average molecular weight is 406 g/mol. The van der Waals surface area contributed by atoms with E-state index in [0.29, 0.717) is 5.71 Å². The van der Waals surface area contributed by atoms with Gasteiger partial charge in [-0.15, -0.1) is 0 Å². The number of aromatic amines is 1. The lowest BCUT2D eigenvalue weighted by Gasteiger charge is -2.03. The Morgan fingerprint density at radius 3 is 2.77 bits per heavy atom. The molecule has 0 spiro atoms. The van der Waals surface area contributed by atoms with Gasteiger partial charge in [0.05, 0.1) is 23.0 Å². The lowest BCUT2D eigenvalue weighted by atomic mass is 10.0. The minimum Gasteiger partial charge on any atom is -0.432 e. The topological polar surface area (TPSA) is 67.6 Å². The monoisotopic (exact) mass is 406 g/mol. The fraction of sp³-hybridized carbons (Fsp3) is 0. The molecule has 0 saturated carbocycles. The average Bonchev–Trinajstić information content (AvgIpc) is 3.12. The minimum atomic E-state index is -0.279. The van der Waals surface area contributed by atoms with Crippen molar-refractivity contribution in [1.82, 2.24) is 20.2 Å². The number of rotatable bonds is 2. The Kier molecular flexibility index (Phi) is 3.14. The van der Waals surface area contributed by atoms with Gasteiger partial charge < -0.3 is 4.42 Å². The highest BCUT2D eigenvalue weighted by atomic mass is 127. The summed E-state index contributed by atoms with van der Waals surface area (Å²) < 4.78 is 19.4. The van der Waals surface area contributed by atoms with Crippen molar-refractivity contribution >= 4 is 33.7 Å². The van der Waals surface area contributed by atoms with Gasteiger partial charge in [-0.05, 0) is 46.9 Å². The summed E-state index contributed by atoms with van der Waals surface area (Å²) in [6.45, 7) is 0. The first-order chi connectivity index (χ1) is 10.7. The van der Waals surface area contributed by atoms with Gasteiger partial charge in [0, 0.05) is 17.2 Å². The zero-order chi connectivity index (χ0) is 15.1. The predicted octanol–water partition coefficient (Wildman–Crippen LogP) is 4.02. The molecule has 7 heteroatoms. The standard InChI is InChI=1S/C15H8FIN4O/c16-9-3-1-8(2-4-9)13-11(6-20-21-13)14-10-5-12(17)22-15(10)19-7-18-14/h1-7H,(H,20,21). The zero-order valence-electron chi connectivity index (χ0n) is 11.0. The van der Waals surface area contributed by atoms with Gasteiger partial charge in [0.2, 0.25) is 5.71 Å². The Hall–Kier alpha value is -2.29. The molecule has 0 aliphatic heterocycles. The molecule has 3 aromatic heterocycles. The Balaban J connectivity index is 1.93. The Morgan fingerprint density at radius 2 is 1.95 bits per heavy atom. The molecular formula is C15H8FIN4O. The van der Waals surface area contributed by atoms with E-state index in [0.717, 1.165) is 31.7 Å². The summed E-state index contributed by atoms with van der Waals surface area (Å²) in [5.74, 6) is -0.279. The van der Waals surface area contributed by atoms with Crippen LogP contribution < -0.4 is 0 Å². The highest BCUT2D eigenvalue weighted by Gasteiger charge is 2.16. The highest BCUT2D eigenvalue weighted by Crippen LogP contribution is 2.33. The summed E-state index contributed by atoms with van der Waals surface area (Å²) in [4.78, 5) is 8.48. The third-order valence-corrected chi connectivity index (χ3v) is 3.86. The molecule has 0 amide bonds. The van der Waals surface area contributed by atoms with Crippen molar-refractivity contribution in [2.24, 2.45) is 0 Å². The summed E-state index contributed by atoms with van der Waals surface area (Å²) in [7, 11) is 0. The van der Waals surface area contributed by atoms with Gasteiger partial charge in [0.1, 0.15) is 12.1 Å². The number of hydrogen-bond acceptors (Lipinski definition) is 4. The van der Waals surface area contributed by atoms with Crippen LogP contribution in [-0.2, 0) is 0 Å². The largest absolute Gasteiger partial charge is 0.432 e. The van der Waals surface area contributed by atoms with E-state index in [2.05, 4.69) is 42.8 Å². The fourth-order valence-electron chi connectivity index (χ4n) is 2.34. The van der Waals surface area contributed by atoms with Crippen molar-refractivity contribution in [2.45, 2.75) is 0 Å². The molecule has 4 rings (SSSR count). The molecule has 1 aromatic carbocycles. The molecule has 0 fully saturated rings. The van der Waals surface area contributed by atoms with E-state index in [1.165, 1.54) is 18.5 Å². The fourth-order valence-corrected chi connectivity index (χ4v) is 2.86. The third kappa shape index (κ3) is 2.17. The summed E-state index contributed by atoms with van der Waals surface area (Å²) in [5, 5.41) is 7.86. The normalized spacial score (nSPS) is 11.2. The molecule has 5 nitrogen and oxygen atoms in total. The maximum absolute atomic E-state index is 13.1. The second-order valence-corrected chi connectivity index (χ2v) is 5.72. The molecule has 3 heterocycles. The zero-order valence-corrected chi connectivity index (χ0v) is 13.2. The van der Waals surface area contributed by atoms with Crippen molar-refractivity contribution in [3.63, 3.8) is 0 Å². The smallest absolute Gasteiger partial charge is 0.231 e. The van der Waals surface area contributed by atoms with Crippen LogP contribution in [-0.4, -0.2) is 20.2 Å². The molecule has 22 heavy (non-hydrogen) atoms. The van der Waals surface area contributed by atoms with Crippen LogP contribution in [0.3, 0.4) is 0 Å². The summed E-state index contributed by atoms with van der Waals surface area (Å²) in [6, 6.07) is 8.10. The van der Waals surface area contributed by atoms with Crippen molar-refractivity contribution in [1.29, 1.82) is 0 Å². The molecule has 0 atom stereocenters. The lowest BCUT2D eigenvalue weighted by molar-refractivity contribution is 0.572. The van der Waals surface area contributed by atoms with Crippen LogP contribution in [0, 0.1) is 9.58 Å². The van der Waals surface area contributed by atoms with E-state index < -0.39 is 0 Å². The predicted molar refractivity (Wildman–Crippen MR) is 87.5 cm³/mol. The Morgan fingerprint density at radius 1 is 1.14 bits per heavy atom. The molecule has 0 bridgehead atoms. The molecule has 0 saturated heterocycles. The van der Waals surface area contributed by atoms with Gasteiger partial charge in [-0.2, -0.15) is 5.10 Å². The highest BCUT2D eigenvalue weighted by molar-refractivity contribution is 14.1. The van der Waals surface area contributed by atoms with E-state index in [9.17, 15) is 4.39 Å². The van der Waals surface area contributed by atoms with E-state index in [1.54, 1.807) is 18.3 Å². The summed E-state index contributed by atoms with van der Waals surface area (Å²) in [5.41, 5.74) is 3.68. The number of furan rings is 1. The number of nitrogens with one attached hydrogen (secondary N) is 1. The van der Waals surface area contributed by atoms with Gasteiger partial charge in [0.25, 0.3) is 0 Å². The number of halogens is 2. The van der Waals surface area contributed by atoms with Crippen LogP contribution >= 0.6 is 22.6 Å². The summed E-state index contributed by atoms with van der Waals surface area (Å²) >= 11 is 2.09. The first-order valence-electron chi connectivity index (χ1n) is 6.42. The van der Waals surface area contributed by atoms with Crippen LogP contribution in [0.25, 0.3) is 33.6 Å². The first-order valence-corrected chi connectivity index (χ1v) is 7.50. The molecule has 4 aromatic rings. The first kappa shape index (κ1) is 13.4. The second-order valence-electron chi connectivity index (χ2n) is 4.66. The number of aromatic nitrogens is 4. The second kappa shape index (κ2) is 5.16. The Labute approximate surface area is 137 Å². The quantitative estimate of drug-likeness (QED) is 0.511. The van der Waals surface area contributed by atoms with Crippen molar-refractivity contribution in [3.8, 4) is 22.5 Å². The van der Waals surface area contributed by atoms with Crippen LogP contribution in [0.1, 0.15) is 0 Å². The van der Waals surface area contributed by atoms with E-state index in [1.807, 2.05) is 6.07 Å². The van der Waals surface area contributed by atoms with Crippen molar-refractivity contribution in [3.05, 3.63) is 52.4 Å². The minimum absolute atomic E-state index is 0.279. The SMILES string of the molecule is Fc1ccc(-c2[nH]ncc2-c2ncnc3oc(I)cc23)cc1. The molecule has 0 radical (unpaired) electrons. The molecular weight excluding hydrogens is 398 g/mol. The molecule has 108 valence electrons. The lowest BCUT2D eigenvalue weighted by Crippen LogP contribution is -1.88. The molecule has 0 aliphatic rings.